The van der Waals surface area contributed by atoms with Gasteiger partial charge in [-0.2, -0.15) is 0 Å². The van der Waals surface area contributed by atoms with Crippen LogP contribution in [0.4, 0.5) is 0 Å². The summed E-state index contributed by atoms with van der Waals surface area (Å²) in [6.45, 7) is 1.40. The molecule has 1 aromatic rings. The van der Waals surface area contributed by atoms with E-state index in [1.54, 1.807) is 0 Å². The number of hydrogen-bond donors (Lipinski definition) is 0. The third kappa shape index (κ3) is 1.61. The van der Waals surface area contributed by atoms with Crippen LogP contribution in [0.25, 0.3) is 0 Å². The summed E-state index contributed by atoms with van der Waals surface area (Å²) in [6.07, 6.45) is 0. The second-order valence-electron chi connectivity index (χ2n) is 3.19. The fraction of sp³-hybridized carbons (Fsp3) is 0.300. The van der Waals surface area contributed by atoms with E-state index in [-0.39, 0.29) is 5.97 Å². The van der Waals surface area contributed by atoms with Gasteiger partial charge in [-0.3, -0.25) is 4.79 Å². The van der Waals surface area contributed by atoms with Crippen LogP contribution in [0, 0.1) is 0 Å². The average molecular weight is 320 g/mol. The van der Waals surface area contributed by atoms with Crippen molar-refractivity contribution in [3.05, 3.63) is 29.3 Å². The molecule has 0 fully saturated rings. The smallest absolute Gasteiger partial charge is 0.308 e. The second-order valence-corrected chi connectivity index (χ2v) is 5.16. The number of hydrogen-bond acceptors (Lipinski definition) is 2. The van der Waals surface area contributed by atoms with Gasteiger partial charge < -0.3 is 4.74 Å². The number of carbonyl (C=O) groups excluding carboxylic acids is 1. The molecule has 0 aromatic heterocycles. The lowest BCUT2D eigenvalue weighted by molar-refractivity contribution is -0.131. The zero-order valence-corrected chi connectivity index (χ0v) is 10.6. The molecule has 2 atom stereocenters. The van der Waals surface area contributed by atoms with Crippen molar-refractivity contribution in [3.8, 4) is 5.75 Å². The molecule has 14 heavy (non-hydrogen) atoms. The highest BCUT2D eigenvalue weighted by Gasteiger charge is 2.33. The number of benzene rings is 1. The van der Waals surface area contributed by atoms with Crippen molar-refractivity contribution >= 4 is 37.8 Å². The van der Waals surface area contributed by atoms with Crippen molar-refractivity contribution in [1.82, 2.24) is 0 Å². The van der Waals surface area contributed by atoms with Crippen LogP contribution in [0.1, 0.15) is 27.7 Å². The first kappa shape index (κ1) is 10.2. The molecular weight excluding hydrogens is 312 g/mol. The summed E-state index contributed by atoms with van der Waals surface area (Å²) < 4.78 is 4.99. The van der Waals surface area contributed by atoms with E-state index in [2.05, 4.69) is 31.9 Å². The Labute approximate surface area is 98.9 Å². The lowest BCUT2D eigenvalue weighted by Gasteiger charge is -2.31. The van der Waals surface area contributed by atoms with Crippen LogP contribution in [0.15, 0.2) is 18.2 Å². The van der Waals surface area contributed by atoms with Crippen LogP contribution in [0.3, 0.4) is 0 Å². The zero-order valence-electron chi connectivity index (χ0n) is 7.46. The number of fused-ring (bicyclic) bond motifs is 1. The Hall–Kier alpha value is -0.350. The van der Waals surface area contributed by atoms with Crippen LogP contribution >= 0.6 is 31.9 Å². The fourth-order valence-corrected chi connectivity index (χ4v) is 2.87. The summed E-state index contributed by atoms with van der Waals surface area (Å²) in [4.78, 5) is 11.4. The highest BCUT2D eigenvalue weighted by molar-refractivity contribution is 9.12. The normalized spacial score (nSPS) is 23.6. The number of esters is 1. The van der Waals surface area contributed by atoms with Crippen LogP contribution < -0.4 is 4.74 Å². The molecule has 0 heterocycles. The number of alkyl halides is 2. The molecule has 2 rings (SSSR count). The summed E-state index contributed by atoms with van der Waals surface area (Å²) >= 11 is 7.08. The third-order valence-electron chi connectivity index (χ3n) is 2.17. The van der Waals surface area contributed by atoms with Gasteiger partial charge in [-0.1, -0.05) is 37.9 Å². The van der Waals surface area contributed by atoms with Crippen LogP contribution in [-0.2, 0) is 4.79 Å². The van der Waals surface area contributed by atoms with Gasteiger partial charge in [0.05, 0.1) is 9.65 Å². The first-order valence-corrected chi connectivity index (χ1v) is 6.03. The van der Waals surface area contributed by atoms with E-state index in [9.17, 15) is 4.79 Å². The van der Waals surface area contributed by atoms with Gasteiger partial charge in [-0.05, 0) is 23.3 Å². The molecule has 0 unspecified atom stereocenters. The molecule has 74 valence electrons. The molecule has 0 radical (unpaired) electrons. The van der Waals surface area contributed by atoms with E-state index in [1.165, 1.54) is 18.1 Å². The molecule has 0 aliphatic heterocycles. The van der Waals surface area contributed by atoms with Gasteiger partial charge >= 0.3 is 5.97 Å². The topological polar surface area (TPSA) is 26.3 Å². The summed E-state index contributed by atoms with van der Waals surface area (Å²) in [5.41, 5.74) is 2.44. The number of halogens is 2. The molecule has 0 amide bonds. The first-order chi connectivity index (χ1) is 6.59. The van der Waals surface area contributed by atoms with Crippen molar-refractivity contribution in [2.24, 2.45) is 0 Å². The molecule has 0 spiro atoms. The quantitative estimate of drug-likeness (QED) is 0.450. The van der Waals surface area contributed by atoms with Crippen molar-refractivity contribution < 1.29 is 9.53 Å². The number of carbonyl (C=O) groups is 1. The van der Waals surface area contributed by atoms with E-state index in [4.69, 9.17) is 4.74 Å². The van der Waals surface area contributed by atoms with Gasteiger partial charge in [-0.25, -0.2) is 0 Å². The molecular formula is C10H8Br2O2. The number of rotatable bonds is 1. The standard InChI is InChI=1S/C10H8Br2O2/c1-5(13)14-6-2-3-7-8(4-6)10(12)9(7)11/h2-4,9-10H,1H3/t9-,10-/m1/s1. The predicted molar refractivity (Wildman–Crippen MR) is 61.1 cm³/mol. The first-order valence-electron chi connectivity index (χ1n) is 4.20. The van der Waals surface area contributed by atoms with E-state index >= 15 is 0 Å². The molecule has 1 aromatic carbocycles. The van der Waals surface area contributed by atoms with E-state index in [0.717, 1.165) is 0 Å². The van der Waals surface area contributed by atoms with Gasteiger partial charge in [0.2, 0.25) is 0 Å². The summed E-state index contributed by atoms with van der Waals surface area (Å²) in [5, 5.41) is 0. The minimum absolute atomic E-state index is 0.286. The second kappa shape index (κ2) is 3.66. The van der Waals surface area contributed by atoms with Gasteiger partial charge in [0, 0.05) is 6.92 Å². The van der Waals surface area contributed by atoms with Crippen LogP contribution in [0.5, 0.6) is 5.75 Å². The Morgan fingerprint density at radius 3 is 2.57 bits per heavy atom. The van der Waals surface area contributed by atoms with Crippen molar-refractivity contribution in [2.45, 2.75) is 16.6 Å². The predicted octanol–water partition coefficient (Wildman–Crippen LogP) is 3.50. The highest BCUT2D eigenvalue weighted by Crippen LogP contribution is 2.54. The maximum atomic E-state index is 10.7. The Morgan fingerprint density at radius 2 is 1.93 bits per heavy atom. The Balaban J connectivity index is 2.28. The Morgan fingerprint density at radius 1 is 1.29 bits per heavy atom. The van der Waals surface area contributed by atoms with Crippen LogP contribution in [0.2, 0.25) is 0 Å². The van der Waals surface area contributed by atoms with Crippen molar-refractivity contribution in [3.63, 3.8) is 0 Å². The molecule has 0 saturated carbocycles. The molecule has 4 heteroatoms. The molecule has 1 aliphatic rings. The highest BCUT2D eigenvalue weighted by atomic mass is 79.9. The third-order valence-corrected chi connectivity index (χ3v) is 4.92. The lowest BCUT2D eigenvalue weighted by atomic mass is 9.88. The molecule has 0 saturated heterocycles. The zero-order chi connectivity index (χ0) is 10.3. The minimum atomic E-state index is -0.286. The summed E-state index contributed by atoms with van der Waals surface area (Å²) in [7, 11) is 0. The van der Waals surface area contributed by atoms with Crippen molar-refractivity contribution in [2.75, 3.05) is 0 Å². The largest absolute Gasteiger partial charge is 0.427 e. The summed E-state index contributed by atoms with van der Waals surface area (Å²) in [6, 6.07) is 5.69. The minimum Gasteiger partial charge on any atom is -0.427 e. The average Bonchev–Trinajstić information content (AvgIpc) is 2.16. The molecule has 2 nitrogen and oxygen atoms in total. The fourth-order valence-electron chi connectivity index (χ4n) is 1.49. The molecule has 0 bridgehead atoms. The van der Waals surface area contributed by atoms with E-state index < -0.39 is 0 Å². The monoisotopic (exact) mass is 318 g/mol. The van der Waals surface area contributed by atoms with Gasteiger partial charge in [0.25, 0.3) is 0 Å². The van der Waals surface area contributed by atoms with Gasteiger partial charge in [-0.15, -0.1) is 0 Å². The Kier molecular flexibility index (Phi) is 2.66. The maximum absolute atomic E-state index is 10.7. The number of ether oxygens (including phenoxy) is 1. The van der Waals surface area contributed by atoms with E-state index in [0.29, 0.717) is 15.4 Å². The van der Waals surface area contributed by atoms with Gasteiger partial charge in [0.15, 0.2) is 0 Å². The van der Waals surface area contributed by atoms with E-state index in [1.807, 2.05) is 18.2 Å². The van der Waals surface area contributed by atoms with Crippen molar-refractivity contribution in [1.29, 1.82) is 0 Å². The summed E-state index contributed by atoms with van der Waals surface area (Å²) in [5.74, 6) is 0.325. The maximum Gasteiger partial charge on any atom is 0.308 e. The van der Waals surface area contributed by atoms with Crippen LogP contribution in [-0.4, -0.2) is 5.97 Å². The SMILES string of the molecule is CC(=O)Oc1ccc2c(c1)[C@@H](Br)[C@@H]2Br. The van der Waals surface area contributed by atoms with Gasteiger partial charge in [0.1, 0.15) is 5.75 Å². The molecule has 1 aliphatic carbocycles. The molecule has 0 N–H and O–H groups in total. The Bertz CT molecular complexity index is 390. The lowest BCUT2D eigenvalue weighted by Crippen LogP contribution is -2.15.